The van der Waals surface area contributed by atoms with Crippen LogP contribution in [0, 0.1) is 12.8 Å². The number of hydrogen-bond acceptors (Lipinski definition) is 3. The van der Waals surface area contributed by atoms with E-state index in [0.717, 1.165) is 5.92 Å². The summed E-state index contributed by atoms with van der Waals surface area (Å²) in [6, 6.07) is 2.85. The molecule has 1 saturated heterocycles. The van der Waals surface area contributed by atoms with Crippen LogP contribution in [-0.4, -0.2) is 59.1 Å². The van der Waals surface area contributed by atoms with Crippen molar-refractivity contribution in [3.63, 3.8) is 0 Å². The molecular weight excluding hydrogens is 296 g/mol. The summed E-state index contributed by atoms with van der Waals surface area (Å²) in [6.07, 6.45) is 11.7. The topological polar surface area (TPSA) is 24.3 Å². The number of rotatable bonds is 3. The minimum absolute atomic E-state index is 0.673. The number of nitrogens with zero attached hydrogens (tertiary/aromatic N) is 4. The first kappa shape index (κ1) is 16.1. The van der Waals surface area contributed by atoms with Crippen molar-refractivity contribution in [2.45, 2.75) is 38.6 Å². The Morgan fingerprint density at radius 2 is 1.83 bits per heavy atom. The zero-order valence-electron chi connectivity index (χ0n) is 15.1. The normalized spacial score (nSPS) is 26.9. The molecule has 3 heterocycles. The van der Waals surface area contributed by atoms with Gasteiger partial charge in [0.1, 0.15) is 0 Å². The van der Waals surface area contributed by atoms with Crippen molar-refractivity contribution in [3.8, 4) is 0 Å². The lowest BCUT2D eigenvalue weighted by Crippen LogP contribution is -2.46. The van der Waals surface area contributed by atoms with E-state index in [9.17, 15) is 0 Å². The Balaban J connectivity index is 1.37. The van der Waals surface area contributed by atoms with Gasteiger partial charge in [0.15, 0.2) is 0 Å². The minimum Gasteiger partial charge on any atom is -0.344 e. The molecule has 2 aromatic heterocycles. The Morgan fingerprint density at radius 3 is 2.58 bits per heavy atom. The second-order valence-electron chi connectivity index (χ2n) is 7.89. The van der Waals surface area contributed by atoms with E-state index in [-0.39, 0.29) is 0 Å². The van der Waals surface area contributed by atoms with Crippen LogP contribution in [0.25, 0.3) is 10.9 Å². The van der Waals surface area contributed by atoms with Crippen molar-refractivity contribution in [1.82, 2.24) is 19.4 Å². The fraction of sp³-hybridized carbons (Fsp3) is 0.650. The average Bonchev–Trinajstić information content (AvgIpc) is 2.95. The van der Waals surface area contributed by atoms with Crippen molar-refractivity contribution in [2.24, 2.45) is 5.92 Å². The monoisotopic (exact) mass is 326 g/mol. The number of fused-ring (bicyclic) bond motifs is 1. The fourth-order valence-corrected chi connectivity index (χ4v) is 4.57. The summed E-state index contributed by atoms with van der Waals surface area (Å²) in [7, 11) is 2.24. The molecule has 0 unspecified atom stereocenters. The van der Waals surface area contributed by atoms with E-state index in [1.54, 1.807) is 0 Å². The highest BCUT2D eigenvalue weighted by molar-refractivity contribution is 5.82. The van der Waals surface area contributed by atoms with Gasteiger partial charge in [-0.15, -0.1) is 0 Å². The summed E-state index contributed by atoms with van der Waals surface area (Å²) in [6.45, 7) is 8.50. The van der Waals surface area contributed by atoms with Crippen LogP contribution in [0.2, 0.25) is 0 Å². The molecule has 0 bridgehead atoms. The van der Waals surface area contributed by atoms with Crippen molar-refractivity contribution >= 4 is 10.9 Å². The van der Waals surface area contributed by atoms with Gasteiger partial charge in [0.25, 0.3) is 0 Å². The second kappa shape index (κ2) is 6.85. The van der Waals surface area contributed by atoms with Gasteiger partial charge in [0.2, 0.25) is 0 Å². The third-order valence-corrected chi connectivity index (χ3v) is 6.16. The second-order valence-corrected chi connectivity index (χ2v) is 7.89. The van der Waals surface area contributed by atoms with Crippen LogP contribution in [0.4, 0.5) is 0 Å². The van der Waals surface area contributed by atoms with Crippen LogP contribution in [0.5, 0.6) is 0 Å². The van der Waals surface area contributed by atoms with Gasteiger partial charge in [-0.2, -0.15) is 0 Å². The van der Waals surface area contributed by atoms with Crippen LogP contribution in [0.15, 0.2) is 24.7 Å². The zero-order chi connectivity index (χ0) is 16.5. The highest BCUT2D eigenvalue weighted by atomic mass is 15.2. The maximum Gasteiger partial charge on any atom is 0.0516 e. The van der Waals surface area contributed by atoms with Gasteiger partial charge in [-0.05, 0) is 57.2 Å². The van der Waals surface area contributed by atoms with E-state index in [1.807, 2.05) is 12.4 Å². The van der Waals surface area contributed by atoms with E-state index < -0.39 is 0 Å². The van der Waals surface area contributed by atoms with E-state index in [4.69, 9.17) is 0 Å². The molecule has 0 atom stereocenters. The summed E-state index contributed by atoms with van der Waals surface area (Å²) in [5, 5.41) is 1.32. The van der Waals surface area contributed by atoms with Crippen molar-refractivity contribution in [1.29, 1.82) is 0 Å². The number of pyridine rings is 1. The van der Waals surface area contributed by atoms with E-state index in [2.05, 4.69) is 45.6 Å². The van der Waals surface area contributed by atoms with E-state index >= 15 is 0 Å². The van der Waals surface area contributed by atoms with Gasteiger partial charge in [-0.3, -0.25) is 4.98 Å². The molecule has 2 aliphatic rings. The first-order chi connectivity index (χ1) is 11.7. The number of aryl methyl sites for hydroxylation is 1. The lowest BCUT2D eigenvalue weighted by molar-refractivity contribution is 0.120. The predicted molar refractivity (Wildman–Crippen MR) is 99.4 cm³/mol. The summed E-state index contributed by atoms with van der Waals surface area (Å²) < 4.78 is 2.53. The summed E-state index contributed by atoms with van der Waals surface area (Å²) in [5.74, 6) is 0.897. The molecule has 0 aromatic carbocycles. The quantitative estimate of drug-likeness (QED) is 0.865. The number of likely N-dealkylation sites (N-methyl/N-ethyl adjacent to an activating group) is 1. The third-order valence-electron chi connectivity index (χ3n) is 6.16. The van der Waals surface area contributed by atoms with Crippen molar-refractivity contribution in [2.75, 3.05) is 39.8 Å². The average molecular weight is 326 g/mol. The van der Waals surface area contributed by atoms with Crippen LogP contribution in [0.1, 0.15) is 37.3 Å². The van der Waals surface area contributed by atoms with Gasteiger partial charge >= 0.3 is 0 Å². The molecule has 24 heavy (non-hydrogen) atoms. The molecule has 2 fully saturated rings. The smallest absolute Gasteiger partial charge is 0.0516 e. The van der Waals surface area contributed by atoms with Crippen molar-refractivity contribution < 1.29 is 0 Å². The lowest BCUT2D eigenvalue weighted by Gasteiger charge is -2.37. The molecule has 1 aliphatic carbocycles. The van der Waals surface area contributed by atoms with Gasteiger partial charge in [0.05, 0.1) is 5.52 Å². The Kier molecular flexibility index (Phi) is 4.59. The molecular formula is C20H30N4. The van der Waals surface area contributed by atoms with Crippen LogP contribution in [0.3, 0.4) is 0 Å². The Morgan fingerprint density at radius 1 is 1.08 bits per heavy atom. The first-order valence-electron chi connectivity index (χ1n) is 9.53. The molecule has 0 amide bonds. The number of piperazine rings is 1. The standard InChI is InChI=1S/C20H30N4/c1-16-14-24(20-7-8-21-13-19(16)20)18-5-3-17(4-6-18)15-23-11-9-22(2)10-12-23/h7-8,13-14,17-18H,3-6,9-12,15H2,1-2H3. The van der Waals surface area contributed by atoms with E-state index in [1.165, 1.54) is 74.9 Å². The molecule has 1 saturated carbocycles. The van der Waals surface area contributed by atoms with Crippen LogP contribution >= 0.6 is 0 Å². The Bertz CT molecular complexity index is 676. The molecule has 2 aromatic rings. The van der Waals surface area contributed by atoms with Crippen LogP contribution in [-0.2, 0) is 0 Å². The molecule has 4 nitrogen and oxygen atoms in total. The molecule has 130 valence electrons. The van der Waals surface area contributed by atoms with Gasteiger partial charge in [-0.1, -0.05) is 0 Å². The van der Waals surface area contributed by atoms with E-state index in [0.29, 0.717) is 6.04 Å². The highest BCUT2D eigenvalue weighted by Crippen LogP contribution is 2.35. The largest absolute Gasteiger partial charge is 0.344 e. The number of aromatic nitrogens is 2. The van der Waals surface area contributed by atoms with Crippen LogP contribution < -0.4 is 0 Å². The van der Waals surface area contributed by atoms with Crippen molar-refractivity contribution in [3.05, 3.63) is 30.2 Å². The maximum atomic E-state index is 4.29. The van der Waals surface area contributed by atoms with Gasteiger partial charge in [-0.25, -0.2) is 0 Å². The fourth-order valence-electron chi connectivity index (χ4n) is 4.57. The molecule has 0 N–H and O–H groups in total. The summed E-state index contributed by atoms with van der Waals surface area (Å²) >= 11 is 0. The Hall–Kier alpha value is -1.39. The summed E-state index contributed by atoms with van der Waals surface area (Å²) in [4.78, 5) is 9.42. The molecule has 1 aliphatic heterocycles. The predicted octanol–water partition coefficient (Wildman–Crippen LogP) is 3.32. The minimum atomic E-state index is 0.673. The maximum absolute atomic E-state index is 4.29. The SMILES string of the molecule is Cc1cn(C2CCC(CN3CCN(C)CC3)CC2)c2ccncc12. The first-order valence-corrected chi connectivity index (χ1v) is 9.53. The van der Waals surface area contributed by atoms with Gasteiger partial charge in [0, 0.05) is 62.7 Å². The third kappa shape index (κ3) is 3.22. The molecule has 4 heteroatoms. The zero-order valence-corrected chi connectivity index (χ0v) is 15.1. The Labute approximate surface area is 145 Å². The molecule has 4 rings (SSSR count). The number of hydrogen-bond donors (Lipinski definition) is 0. The summed E-state index contributed by atoms with van der Waals surface area (Å²) in [5.41, 5.74) is 2.72. The molecule has 0 spiro atoms. The highest BCUT2D eigenvalue weighted by Gasteiger charge is 2.26. The van der Waals surface area contributed by atoms with Gasteiger partial charge < -0.3 is 14.4 Å². The lowest BCUT2D eigenvalue weighted by atomic mass is 9.85. The molecule has 0 radical (unpaired) electrons.